The molecule has 1 unspecified atom stereocenters. The van der Waals surface area contributed by atoms with Gasteiger partial charge in [0, 0.05) is 24.2 Å². The van der Waals surface area contributed by atoms with Gasteiger partial charge in [0.25, 0.3) is 6.01 Å². The number of aromatic nitrogens is 3. The van der Waals surface area contributed by atoms with Crippen LogP contribution in [0.25, 0.3) is 33.5 Å². The van der Waals surface area contributed by atoms with Crippen molar-refractivity contribution >= 4 is 28.6 Å². The van der Waals surface area contributed by atoms with Crippen LogP contribution in [0.1, 0.15) is 12.5 Å². The van der Waals surface area contributed by atoms with E-state index in [2.05, 4.69) is 63.2 Å². The molecule has 4 atom stereocenters. The molecule has 0 radical (unpaired) electrons. The number of benzene rings is 2. The average molecular weight is 546 g/mol. The van der Waals surface area contributed by atoms with E-state index in [9.17, 15) is 5.11 Å². The maximum Gasteiger partial charge on any atom is 0.296 e. The molecule has 0 amide bonds. The summed E-state index contributed by atoms with van der Waals surface area (Å²) in [5, 5.41) is 10.5. The van der Waals surface area contributed by atoms with E-state index >= 15 is 0 Å². The maximum absolute atomic E-state index is 9.96. The number of aliphatic imine (C=N–C) groups is 1. The van der Waals surface area contributed by atoms with Gasteiger partial charge in [0.15, 0.2) is 11.8 Å². The Morgan fingerprint density at radius 1 is 0.974 bits per heavy atom. The number of nitrogens with zero attached hydrogens (tertiary/aromatic N) is 4. The van der Waals surface area contributed by atoms with Crippen molar-refractivity contribution in [3.63, 3.8) is 0 Å². The molecule has 39 heavy (non-hydrogen) atoms. The van der Waals surface area contributed by atoms with Crippen LogP contribution in [-0.2, 0) is 9.47 Å². The number of amidine groups is 1. The van der Waals surface area contributed by atoms with E-state index in [1.165, 1.54) is 0 Å². The Kier molecular flexibility index (Phi) is 6.24. The second-order valence-corrected chi connectivity index (χ2v) is 10.4. The van der Waals surface area contributed by atoms with Crippen LogP contribution >= 0.6 is 11.6 Å². The summed E-state index contributed by atoms with van der Waals surface area (Å²) < 4.78 is 17.3. The third-order valence-corrected chi connectivity index (χ3v) is 7.89. The van der Waals surface area contributed by atoms with Crippen LogP contribution in [0.2, 0.25) is 5.02 Å². The van der Waals surface area contributed by atoms with E-state index in [4.69, 9.17) is 30.8 Å². The van der Waals surface area contributed by atoms with Crippen molar-refractivity contribution < 1.29 is 19.3 Å². The van der Waals surface area contributed by atoms with Crippen LogP contribution in [0, 0.1) is 0 Å². The smallest absolute Gasteiger partial charge is 0.296 e. The monoisotopic (exact) mass is 545 g/mol. The van der Waals surface area contributed by atoms with E-state index in [1.807, 2.05) is 12.1 Å². The van der Waals surface area contributed by atoms with Crippen LogP contribution in [0.5, 0.6) is 6.01 Å². The Labute approximate surface area is 230 Å². The van der Waals surface area contributed by atoms with Gasteiger partial charge in [-0.2, -0.15) is 4.98 Å². The molecule has 10 heteroatoms. The van der Waals surface area contributed by atoms with Crippen LogP contribution < -0.4 is 4.74 Å². The van der Waals surface area contributed by atoms with Crippen LogP contribution in [0.3, 0.4) is 0 Å². The molecule has 0 bridgehead atoms. The number of likely N-dealkylation sites (N-methyl/N-ethyl adjacent to an activating group) is 1. The standard InChI is InChI=1S/C29H28ClN5O4/c1-2-35-12-11-31-28(35)19-9-5-17(6-10-19)16-3-7-18(8-4-16)24-20(30)13-21-27(33-24)34-29(32-21)39-23-15-38-25-22(36)14-37-26(23)25/h3-10,13,22-23,25-26,36H,2,11-12,14-15H2,1H3,(H,32,33,34)/t22-,23-,25?,26-/m1/s1. The van der Waals surface area contributed by atoms with Gasteiger partial charge in [-0.25, -0.2) is 4.98 Å². The molecular formula is C29H28ClN5O4. The van der Waals surface area contributed by atoms with Crippen molar-refractivity contribution in [2.45, 2.75) is 31.3 Å². The predicted molar refractivity (Wildman–Crippen MR) is 148 cm³/mol. The molecule has 3 aliphatic rings. The molecule has 2 aromatic carbocycles. The Morgan fingerprint density at radius 2 is 1.67 bits per heavy atom. The third kappa shape index (κ3) is 4.45. The van der Waals surface area contributed by atoms with E-state index in [-0.39, 0.29) is 24.9 Å². The van der Waals surface area contributed by atoms with E-state index in [1.54, 1.807) is 6.07 Å². The quantitative estimate of drug-likeness (QED) is 0.378. The first-order chi connectivity index (χ1) is 19.1. The molecule has 9 nitrogen and oxygen atoms in total. The summed E-state index contributed by atoms with van der Waals surface area (Å²) in [4.78, 5) is 19.3. The molecule has 2 N–H and O–H groups in total. The lowest BCUT2D eigenvalue weighted by Gasteiger charge is -2.18. The number of hydrogen-bond donors (Lipinski definition) is 2. The number of rotatable bonds is 6. The average Bonchev–Trinajstić information content (AvgIpc) is 3.75. The molecule has 0 spiro atoms. The fourth-order valence-corrected chi connectivity index (χ4v) is 5.80. The zero-order valence-electron chi connectivity index (χ0n) is 21.4. The molecule has 200 valence electrons. The van der Waals surface area contributed by atoms with Crippen molar-refractivity contribution in [1.82, 2.24) is 19.9 Å². The fourth-order valence-electron chi connectivity index (χ4n) is 5.54. The Balaban J connectivity index is 1.09. The lowest BCUT2D eigenvalue weighted by atomic mass is 10.0. The summed E-state index contributed by atoms with van der Waals surface area (Å²) >= 11 is 6.63. The first-order valence-electron chi connectivity index (χ1n) is 13.2. The van der Waals surface area contributed by atoms with Crippen LogP contribution in [-0.4, -0.2) is 88.1 Å². The summed E-state index contributed by atoms with van der Waals surface area (Å²) in [7, 11) is 0. The Bertz CT molecular complexity index is 1540. The number of halogens is 1. The van der Waals surface area contributed by atoms with Gasteiger partial charge in [0.1, 0.15) is 24.1 Å². The highest BCUT2D eigenvalue weighted by Gasteiger charge is 2.48. The molecule has 2 saturated heterocycles. The van der Waals surface area contributed by atoms with E-state index in [0.29, 0.717) is 34.5 Å². The number of nitrogens with one attached hydrogen (secondary N) is 1. The summed E-state index contributed by atoms with van der Waals surface area (Å²) in [6.45, 7) is 5.54. The van der Waals surface area contributed by atoms with Crippen LogP contribution in [0.4, 0.5) is 0 Å². The minimum Gasteiger partial charge on any atom is -0.456 e. The lowest BCUT2D eigenvalue weighted by Crippen LogP contribution is -2.34. The SMILES string of the molecule is CCN1CCN=C1c1ccc(-c2ccc(-c3nc4nc(O[C@@H]5COC6[C@H](O)CO[C@@H]65)[nH]c4cc3Cl)cc2)cc1. The highest BCUT2D eigenvalue weighted by atomic mass is 35.5. The van der Waals surface area contributed by atoms with Crippen molar-refractivity contribution in [2.75, 3.05) is 32.8 Å². The van der Waals surface area contributed by atoms with E-state index in [0.717, 1.165) is 47.7 Å². The molecule has 2 fully saturated rings. The molecular weight excluding hydrogens is 518 g/mol. The largest absolute Gasteiger partial charge is 0.456 e. The van der Waals surface area contributed by atoms with Gasteiger partial charge in [0.2, 0.25) is 0 Å². The molecule has 2 aromatic heterocycles. The zero-order chi connectivity index (χ0) is 26.5. The second kappa shape index (κ2) is 9.91. The third-order valence-electron chi connectivity index (χ3n) is 7.60. The van der Waals surface area contributed by atoms with Crippen LogP contribution in [0.15, 0.2) is 59.6 Å². The summed E-state index contributed by atoms with van der Waals surface area (Å²) in [5.74, 6) is 1.08. The van der Waals surface area contributed by atoms with Gasteiger partial charge in [-0.3, -0.25) is 4.99 Å². The first kappa shape index (κ1) is 24.5. The van der Waals surface area contributed by atoms with Crippen molar-refractivity contribution in [3.05, 3.63) is 65.2 Å². The number of pyridine rings is 1. The maximum atomic E-state index is 9.96. The number of aromatic amines is 1. The number of fused-ring (bicyclic) bond motifs is 2. The van der Waals surface area contributed by atoms with Gasteiger partial charge in [-0.05, 0) is 24.1 Å². The van der Waals surface area contributed by atoms with Gasteiger partial charge in [-0.1, -0.05) is 60.1 Å². The lowest BCUT2D eigenvalue weighted by molar-refractivity contribution is 0.00706. The summed E-state index contributed by atoms with van der Waals surface area (Å²) in [6, 6.07) is 18.9. The number of hydrogen-bond acceptors (Lipinski definition) is 8. The van der Waals surface area contributed by atoms with Crippen molar-refractivity contribution in [2.24, 2.45) is 4.99 Å². The Hall–Kier alpha value is -3.50. The number of H-pyrrole nitrogens is 1. The van der Waals surface area contributed by atoms with Gasteiger partial charge in [-0.15, -0.1) is 0 Å². The van der Waals surface area contributed by atoms with Crippen molar-refractivity contribution in [3.8, 4) is 28.4 Å². The molecule has 4 aromatic rings. The minimum atomic E-state index is -0.633. The number of imidazole rings is 1. The van der Waals surface area contributed by atoms with Gasteiger partial charge in [0.05, 0.1) is 36.0 Å². The summed E-state index contributed by atoms with van der Waals surface area (Å²) in [6.07, 6.45) is -1.68. The Morgan fingerprint density at radius 3 is 2.41 bits per heavy atom. The second-order valence-electron chi connectivity index (χ2n) is 9.99. The number of aliphatic hydroxyl groups excluding tert-OH is 1. The normalized spacial score (nSPS) is 24.4. The number of ether oxygens (including phenoxy) is 3. The molecule has 3 aliphatic heterocycles. The summed E-state index contributed by atoms with van der Waals surface area (Å²) in [5.41, 5.74) is 6.11. The minimum absolute atomic E-state index is 0.243. The van der Waals surface area contributed by atoms with Gasteiger partial charge >= 0.3 is 0 Å². The highest BCUT2D eigenvalue weighted by Crippen LogP contribution is 2.33. The predicted octanol–water partition coefficient (Wildman–Crippen LogP) is 3.93. The van der Waals surface area contributed by atoms with Gasteiger partial charge < -0.3 is 29.2 Å². The topological polar surface area (TPSA) is 105 Å². The van der Waals surface area contributed by atoms with Crippen molar-refractivity contribution in [1.29, 1.82) is 0 Å². The molecule has 0 saturated carbocycles. The zero-order valence-corrected chi connectivity index (χ0v) is 22.1. The highest BCUT2D eigenvalue weighted by molar-refractivity contribution is 6.33. The molecule has 7 rings (SSSR count). The number of aliphatic hydroxyl groups is 1. The molecule has 5 heterocycles. The first-order valence-corrected chi connectivity index (χ1v) is 13.6. The molecule has 0 aliphatic carbocycles. The van der Waals surface area contributed by atoms with E-state index < -0.39 is 6.10 Å². The fraction of sp³-hybridized carbons (Fsp3) is 0.345.